The molecule has 1 aliphatic rings. The third kappa shape index (κ3) is 3.42. The van der Waals surface area contributed by atoms with Gasteiger partial charge in [-0.1, -0.05) is 0 Å². The minimum atomic E-state index is -0.375. The van der Waals surface area contributed by atoms with Crippen LogP contribution in [0.15, 0.2) is 36.9 Å². The first-order valence-electron chi connectivity index (χ1n) is 7.13. The van der Waals surface area contributed by atoms with Gasteiger partial charge in [0.1, 0.15) is 18.0 Å². The summed E-state index contributed by atoms with van der Waals surface area (Å²) < 4.78 is 27.3. The van der Waals surface area contributed by atoms with Crippen molar-refractivity contribution in [3.05, 3.63) is 59.7 Å². The van der Waals surface area contributed by atoms with E-state index in [9.17, 15) is 8.78 Å². The van der Waals surface area contributed by atoms with Crippen molar-refractivity contribution in [1.82, 2.24) is 14.9 Å². The SMILES string of the molecule is Fc1ccc(F)c(C2CCCN(Cc3cncnc3)C2)c1. The van der Waals surface area contributed by atoms with Gasteiger partial charge >= 0.3 is 0 Å². The number of halogens is 2. The average molecular weight is 289 g/mol. The average Bonchev–Trinajstić information content (AvgIpc) is 2.51. The van der Waals surface area contributed by atoms with Crippen LogP contribution in [0, 0.1) is 11.6 Å². The van der Waals surface area contributed by atoms with Crippen molar-refractivity contribution < 1.29 is 8.78 Å². The maximum Gasteiger partial charge on any atom is 0.126 e. The first kappa shape index (κ1) is 14.1. The van der Waals surface area contributed by atoms with Crippen LogP contribution in [0.3, 0.4) is 0 Å². The molecule has 0 radical (unpaired) electrons. The summed E-state index contributed by atoms with van der Waals surface area (Å²) >= 11 is 0. The molecule has 0 saturated carbocycles. The summed E-state index contributed by atoms with van der Waals surface area (Å²) in [7, 11) is 0. The van der Waals surface area contributed by atoms with Crippen LogP contribution in [0.25, 0.3) is 0 Å². The Labute approximate surface area is 122 Å². The van der Waals surface area contributed by atoms with Crippen molar-refractivity contribution in [3.63, 3.8) is 0 Å². The number of nitrogens with zero attached hydrogens (tertiary/aromatic N) is 3. The van der Waals surface area contributed by atoms with Gasteiger partial charge in [0.05, 0.1) is 0 Å². The van der Waals surface area contributed by atoms with Crippen molar-refractivity contribution >= 4 is 0 Å². The second-order valence-corrected chi connectivity index (χ2v) is 5.49. The van der Waals surface area contributed by atoms with Crippen LogP contribution in [-0.4, -0.2) is 28.0 Å². The minimum Gasteiger partial charge on any atom is -0.298 e. The Bertz CT molecular complexity index is 604. The summed E-state index contributed by atoms with van der Waals surface area (Å²) in [4.78, 5) is 10.3. The molecule has 0 aliphatic carbocycles. The fraction of sp³-hybridized carbons (Fsp3) is 0.375. The zero-order valence-corrected chi connectivity index (χ0v) is 11.7. The number of likely N-dealkylation sites (tertiary alicyclic amines) is 1. The van der Waals surface area contributed by atoms with Gasteiger partial charge in [0.15, 0.2) is 0 Å². The smallest absolute Gasteiger partial charge is 0.126 e. The van der Waals surface area contributed by atoms with Gasteiger partial charge in [0.2, 0.25) is 0 Å². The van der Waals surface area contributed by atoms with Crippen molar-refractivity contribution in [3.8, 4) is 0 Å². The Morgan fingerprint density at radius 2 is 2.00 bits per heavy atom. The van der Waals surface area contributed by atoms with E-state index in [1.807, 2.05) is 0 Å². The number of hydrogen-bond donors (Lipinski definition) is 0. The topological polar surface area (TPSA) is 29.0 Å². The highest BCUT2D eigenvalue weighted by Crippen LogP contribution is 2.29. The van der Waals surface area contributed by atoms with Gasteiger partial charge in [0.25, 0.3) is 0 Å². The number of piperidine rings is 1. The third-order valence-corrected chi connectivity index (χ3v) is 3.92. The summed E-state index contributed by atoms with van der Waals surface area (Å²) in [5, 5.41) is 0. The Kier molecular flexibility index (Phi) is 4.20. The highest BCUT2D eigenvalue weighted by molar-refractivity contribution is 5.23. The van der Waals surface area contributed by atoms with E-state index in [-0.39, 0.29) is 17.6 Å². The molecule has 2 aromatic rings. The molecule has 3 nitrogen and oxygen atoms in total. The number of benzene rings is 1. The number of rotatable bonds is 3. The third-order valence-electron chi connectivity index (χ3n) is 3.92. The maximum atomic E-state index is 13.9. The fourth-order valence-electron chi connectivity index (χ4n) is 2.95. The van der Waals surface area contributed by atoms with Crippen molar-refractivity contribution in [2.24, 2.45) is 0 Å². The molecular weight excluding hydrogens is 272 g/mol. The minimum absolute atomic E-state index is 0.0408. The molecule has 0 spiro atoms. The first-order chi connectivity index (χ1) is 10.2. The summed E-state index contributed by atoms with van der Waals surface area (Å²) in [5.74, 6) is -0.648. The maximum absolute atomic E-state index is 13.9. The van der Waals surface area contributed by atoms with E-state index >= 15 is 0 Å². The molecule has 1 atom stereocenters. The van der Waals surface area contributed by atoms with E-state index < -0.39 is 0 Å². The standard InChI is InChI=1S/C16H17F2N3/c17-14-3-4-16(18)15(6-14)13-2-1-5-21(10-13)9-12-7-19-11-20-8-12/h3-4,6-8,11,13H,1-2,5,9-10H2. The fourth-order valence-corrected chi connectivity index (χ4v) is 2.95. The molecular formula is C16H17F2N3. The van der Waals surface area contributed by atoms with Crippen LogP contribution in [0.2, 0.25) is 0 Å². The van der Waals surface area contributed by atoms with E-state index in [1.54, 1.807) is 12.4 Å². The van der Waals surface area contributed by atoms with Gasteiger partial charge < -0.3 is 0 Å². The molecule has 3 rings (SSSR count). The zero-order chi connectivity index (χ0) is 14.7. The highest BCUT2D eigenvalue weighted by atomic mass is 19.1. The molecule has 1 aromatic carbocycles. The number of hydrogen-bond acceptors (Lipinski definition) is 3. The van der Waals surface area contributed by atoms with E-state index in [1.165, 1.54) is 24.5 Å². The van der Waals surface area contributed by atoms with Crippen molar-refractivity contribution in [2.45, 2.75) is 25.3 Å². The van der Waals surface area contributed by atoms with Crippen LogP contribution in [0.1, 0.15) is 29.9 Å². The molecule has 2 heterocycles. The molecule has 21 heavy (non-hydrogen) atoms. The largest absolute Gasteiger partial charge is 0.298 e. The highest BCUT2D eigenvalue weighted by Gasteiger charge is 2.24. The van der Waals surface area contributed by atoms with E-state index in [4.69, 9.17) is 0 Å². The molecule has 1 fully saturated rings. The molecule has 1 aliphatic heterocycles. The Morgan fingerprint density at radius 3 is 2.81 bits per heavy atom. The quantitative estimate of drug-likeness (QED) is 0.869. The van der Waals surface area contributed by atoms with Crippen LogP contribution in [0.5, 0.6) is 0 Å². The van der Waals surface area contributed by atoms with Gasteiger partial charge in [-0.3, -0.25) is 4.90 Å². The van der Waals surface area contributed by atoms with Gasteiger partial charge in [-0.2, -0.15) is 0 Å². The molecule has 1 aromatic heterocycles. The van der Waals surface area contributed by atoms with E-state index in [0.29, 0.717) is 5.56 Å². The van der Waals surface area contributed by atoms with Gasteiger partial charge in [-0.25, -0.2) is 18.7 Å². The van der Waals surface area contributed by atoms with Crippen LogP contribution in [0.4, 0.5) is 8.78 Å². The van der Waals surface area contributed by atoms with Crippen LogP contribution >= 0.6 is 0 Å². The summed E-state index contributed by atoms with van der Waals surface area (Å²) in [6, 6.07) is 3.71. The first-order valence-corrected chi connectivity index (χ1v) is 7.13. The van der Waals surface area contributed by atoms with E-state index in [0.717, 1.165) is 38.0 Å². The normalized spacial score (nSPS) is 19.6. The zero-order valence-electron chi connectivity index (χ0n) is 11.7. The molecule has 0 N–H and O–H groups in total. The summed E-state index contributed by atoms with van der Waals surface area (Å²) in [6.07, 6.45) is 6.96. The number of aromatic nitrogens is 2. The lowest BCUT2D eigenvalue weighted by Gasteiger charge is -2.33. The summed E-state index contributed by atoms with van der Waals surface area (Å²) in [5.41, 5.74) is 1.53. The van der Waals surface area contributed by atoms with Crippen molar-refractivity contribution in [1.29, 1.82) is 0 Å². The molecule has 1 saturated heterocycles. The lowest BCUT2D eigenvalue weighted by molar-refractivity contribution is 0.198. The van der Waals surface area contributed by atoms with Crippen molar-refractivity contribution in [2.75, 3.05) is 13.1 Å². The van der Waals surface area contributed by atoms with E-state index in [2.05, 4.69) is 14.9 Å². The lowest BCUT2D eigenvalue weighted by Crippen LogP contribution is -2.34. The molecule has 0 amide bonds. The Morgan fingerprint density at radius 1 is 1.19 bits per heavy atom. The monoisotopic (exact) mass is 289 g/mol. The lowest BCUT2D eigenvalue weighted by atomic mass is 9.90. The second kappa shape index (κ2) is 6.26. The van der Waals surface area contributed by atoms with Crippen LogP contribution in [-0.2, 0) is 6.54 Å². The van der Waals surface area contributed by atoms with Crippen LogP contribution < -0.4 is 0 Å². The van der Waals surface area contributed by atoms with Gasteiger partial charge in [-0.05, 0) is 49.1 Å². The molecule has 0 bridgehead atoms. The second-order valence-electron chi connectivity index (χ2n) is 5.49. The molecule has 5 heteroatoms. The molecule has 110 valence electrons. The molecule has 1 unspecified atom stereocenters. The van der Waals surface area contributed by atoms with Gasteiger partial charge in [-0.15, -0.1) is 0 Å². The predicted molar refractivity (Wildman–Crippen MR) is 75.6 cm³/mol. The Balaban J connectivity index is 1.72. The summed E-state index contributed by atoms with van der Waals surface area (Å²) in [6.45, 7) is 2.44. The Hall–Kier alpha value is -1.88. The van der Waals surface area contributed by atoms with Gasteiger partial charge in [0, 0.05) is 31.0 Å². The predicted octanol–water partition coefficient (Wildman–Crippen LogP) is 3.13.